The summed E-state index contributed by atoms with van der Waals surface area (Å²) >= 11 is 0. The minimum absolute atomic E-state index is 0.119. The number of hydrogen-bond donors (Lipinski definition) is 0. The first-order valence-electron chi connectivity index (χ1n) is 11.4. The van der Waals surface area contributed by atoms with E-state index in [1.807, 2.05) is 35.2 Å². The molecule has 5 heteroatoms. The summed E-state index contributed by atoms with van der Waals surface area (Å²) in [5, 5.41) is 9.16. The summed E-state index contributed by atoms with van der Waals surface area (Å²) in [6, 6.07) is 11.9. The molecule has 1 aromatic rings. The normalized spacial score (nSPS) is 32.3. The fourth-order valence-electron chi connectivity index (χ4n) is 7.02. The summed E-state index contributed by atoms with van der Waals surface area (Å²) < 4.78 is 5.60. The molecule has 0 atom stereocenters. The smallest absolute Gasteiger partial charge is 0.317 e. The van der Waals surface area contributed by atoms with Gasteiger partial charge in [0.05, 0.1) is 17.9 Å². The molecule has 0 heterocycles. The van der Waals surface area contributed by atoms with E-state index in [0.29, 0.717) is 30.7 Å². The van der Waals surface area contributed by atoms with E-state index in [-0.39, 0.29) is 24.0 Å². The van der Waals surface area contributed by atoms with Gasteiger partial charge < -0.3 is 9.64 Å². The Hall–Kier alpha value is -2.35. The third-order valence-electron chi connectivity index (χ3n) is 8.12. The van der Waals surface area contributed by atoms with E-state index in [9.17, 15) is 9.59 Å². The van der Waals surface area contributed by atoms with Crippen LogP contribution in [0.3, 0.4) is 0 Å². The van der Waals surface area contributed by atoms with Crippen LogP contribution in [-0.4, -0.2) is 35.5 Å². The Morgan fingerprint density at radius 3 is 2.17 bits per heavy atom. The Balaban J connectivity index is 1.28. The second-order valence-corrected chi connectivity index (χ2v) is 10.1. The van der Waals surface area contributed by atoms with Crippen LogP contribution in [-0.2, 0) is 19.7 Å². The third-order valence-corrected chi connectivity index (χ3v) is 8.12. The Morgan fingerprint density at radius 2 is 1.63 bits per heavy atom. The van der Waals surface area contributed by atoms with E-state index in [1.54, 1.807) is 0 Å². The van der Waals surface area contributed by atoms with Gasteiger partial charge in [-0.3, -0.25) is 9.59 Å². The first kappa shape index (κ1) is 19.6. The second kappa shape index (κ2) is 7.41. The molecular weight excluding hydrogens is 376 g/mol. The van der Waals surface area contributed by atoms with E-state index < -0.39 is 5.41 Å². The van der Waals surface area contributed by atoms with Crippen molar-refractivity contribution >= 4 is 11.9 Å². The third kappa shape index (κ3) is 3.31. The first-order valence-corrected chi connectivity index (χ1v) is 11.4. The monoisotopic (exact) mass is 406 g/mol. The number of benzene rings is 1. The number of hydrogen-bond acceptors (Lipinski definition) is 4. The van der Waals surface area contributed by atoms with Crippen LogP contribution in [0.25, 0.3) is 0 Å². The van der Waals surface area contributed by atoms with Crippen molar-refractivity contribution in [1.29, 1.82) is 5.26 Å². The first-order chi connectivity index (χ1) is 14.5. The molecule has 5 fully saturated rings. The molecule has 5 aliphatic carbocycles. The number of nitriles is 1. The minimum Gasteiger partial charge on any atom is -0.455 e. The highest BCUT2D eigenvalue weighted by Crippen LogP contribution is 2.58. The predicted molar refractivity (Wildman–Crippen MR) is 111 cm³/mol. The van der Waals surface area contributed by atoms with Gasteiger partial charge in [0.1, 0.15) is 0 Å². The fourth-order valence-corrected chi connectivity index (χ4v) is 7.02. The van der Waals surface area contributed by atoms with Gasteiger partial charge in [-0.2, -0.15) is 5.26 Å². The van der Waals surface area contributed by atoms with Crippen LogP contribution in [0.4, 0.5) is 0 Å². The maximum absolute atomic E-state index is 13.3. The molecule has 1 aromatic carbocycles. The van der Waals surface area contributed by atoms with Gasteiger partial charge >= 0.3 is 5.97 Å². The van der Waals surface area contributed by atoms with Crippen LogP contribution in [0.1, 0.15) is 63.4 Å². The van der Waals surface area contributed by atoms with Gasteiger partial charge in [0.15, 0.2) is 6.61 Å². The van der Waals surface area contributed by atoms with Gasteiger partial charge in [-0.1, -0.05) is 30.3 Å². The van der Waals surface area contributed by atoms with E-state index in [0.717, 1.165) is 37.7 Å². The summed E-state index contributed by atoms with van der Waals surface area (Å²) in [5.41, 5.74) is 0.288. The van der Waals surface area contributed by atoms with Crippen molar-refractivity contribution in [3.63, 3.8) is 0 Å². The Kier molecular flexibility index (Phi) is 4.84. The minimum atomic E-state index is -0.570. The Morgan fingerprint density at radius 1 is 1.03 bits per heavy atom. The lowest BCUT2D eigenvalue weighted by atomic mass is 9.52. The summed E-state index contributed by atoms with van der Waals surface area (Å²) in [6.07, 6.45) is 8.94. The molecule has 0 N–H and O–H groups in total. The van der Waals surface area contributed by atoms with Crippen LogP contribution >= 0.6 is 0 Å². The van der Waals surface area contributed by atoms with Crippen LogP contribution in [0.2, 0.25) is 0 Å². The lowest BCUT2D eigenvalue weighted by Crippen LogP contribution is -2.62. The number of carbonyl (C=O) groups is 2. The number of ether oxygens (including phenoxy) is 1. The van der Waals surface area contributed by atoms with Gasteiger partial charge in [-0.05, 0) is 74.7 Å². The molecule has 0 spiro atoms. The average Bonchev–Trinajstić information content (AvgIpc) is 3.54. The van der Waals surface area contributed by atoms with Crippen LogP contribution < -0.4 is 0 Å². The summed E-state index contributed by atoms with van der Waals surface area (Å²) in [6.45, 7) is 0.240. The van der Waals surface area contributed by atoms with Crippen molar-refractivity contribution in [1.82, 2.24) is 4.90 Å². The van der Waals surface area contributed by atoms with Crippen molar-refractivity contribution < 1.29 is 14.3 Å². The summed E-state index contributed by atoms with van der Waals surface area (Å²) in [4.78, 5) is 28.1. The molecule has 4 bridgehead atoms. The number of rotatable bonds is 7. The zero-order valence-electron chi connectivity index (χ0n) is 17.5. The van der Waals surface area contributed by atoms with E-state index >= 15 is 0 Å². The standard InChI is InChI=1S/C25H30N2O3/c26-9-4-10-27(24-14-18-11-19(15-24)13-20(12-18)16-24)22(28)17-30-23(29)25(7-8-25)21-5-2-1-3-6-21/h1-3,5-6,18-20H,4,7-8,10-17H2. The highest BCUT2D eigenvalue weighted by atomic mass is 16.5. The molecule has 158 valence electrons. The molecule has 0 aliphatic heterocycles. The van der Waals surface area contributed by atoms with E-state index in [2.05, 4.69) is 6.07 Å². The average molecular weight is 407 g/mol. The van der Waals surface area contributed by atoms with Crippen molar-refractivity contribution in [3.8, 4) is 6.07 Å². The quantitative estimate of drug-likeness (QED) is 0.643. The lowest BCUT2D eigenvalue weighted by Gasteiger charge is -2.60. The molecule has 5 aliphatic rings. The van der Waals surface area contributed by atoms with Gasteiger partial charge in [-0.15, -0.1) is 0 Å². The fraction of sp³-hybridized carbons (Fsp3) is 0.640. The number of esters is 1. The molecule has 1 amide bonds. The molecule has 6 rings (SSSR count). The molecule has 30 heavy (non-hydrogen) atoms. The van der Waals surface area contributed by atoms with Crippen LogP contribution in [0.5, 0.6) is 0 Å². The zero-order chi connectivity index (χ0) is 20.8. The Bertz CT molecular complexity index is 833. The number of nitrogens with zero attached hydrogens (tertiary/aromatic N) is 2. The number of amides is 1. The molecular formula is C25H30N2O3. The largest absolute Gasteiger partial charge is 0.455 e. The van der Waals surface area contributed by atoms with Crippen molar-refractivity contribution in [2.45, 2.75) is 68.7 Å². The summed E-state index contributed by atoms with van der Waals surface area (Å²) in [7, 11) is 0. The van der Waals surface area contributed by atoms with E-state index in [1.165, 1.54) is 19.3 Å². The van der Waals surface area contributed by atoms with Crippen LogP contribution in [0, 0.1) is 29.1 Å². The molecule has 5 saturated carbocycles. The highest BCUT2D eigenvalue weighted by Gasteiger charge is 2.55. The van der Waals surface area contributed by atoms with Gasteiger partial charge in [0, 0.05) is 12.1 Å². The summed E-state index contributed by atoms with van der Waals surface area (Å²) in [5.74, 6) is 1.73. The molecule has 0 aromatic heterocycles. The predicted octanol–water partition coefficient (Wildman–Crippen LogP) is 3.97. The van der Waals surface area contributed by atoms with Gasteiger partial charge in [-0.25, -0.2) is 0 Å². The van der Waals surface area contributed by atoms with Crippen molar-refractivity contribution in [2.75, 3.05) is 13.2 Å². The lowest BCUT2D eigenvalue weighted by molar-refractivity contribution is -0.163. The maximum Gasteiger partial charge on any atom is 0.317 e. The van der Waals surface area contributed by atoms with Crippen molar-refractivity contribution in [3.05, 3.63) is 35.9 Å². The molecule has 0 unspecified atom stereocenters. The number of carbonyl (C=O) groups excluding carboxylic acids is 2. The molecule has 5 nitrogen and oxygen atoms in total. The zero-order valence-corrected chi connectivity index (χ0v) is 17.5. The van der Waals surface area contributed by atoms with Crippen molar-refractivity contribution in [2.24, 2.45) is 17.8 Å². The van der Waals surface area contributed by atoms with Crippen LogP contribution in [0.15, 0.2) is 30.3 Å². The maximum atomic E-state index is 13.3. The molecule has 0 saturated heterocycles. The van der Waals surface area contributed by atoms with Gasteiger partial charge in [0.25, 0.3) is 5.91 Å². The highest BCUT2D eigenvalue weighted by molar-refractivity contribution is 5.89. The topological polar surface area (TPSA) is 70.4 Å². The SMILES string of the molecule is N#CCCN(C(=O)COC(=O)C1(c2ccccc2)CC1)C12CC3CC(CC(C3)C1)C2. The Labute approximate surface area is 178 Å². The second-order valence-electron chi connectivity index (χ2n) is 10.1. The molecule has 0 radical (unpaired) electrons. The van der Waals surface area contributed by atoms with Gasteiger partial charge in [0.2, 0.25) is 0 Å². The van der Waals surface area contributed by atoms with E-state index in [4.69, 9.17) is 10.00 Å².